The largest absolute Gasteiger partial charge is 0.393 e. The molecule has 1 N–H and O–H groups in total. The lowest BCUT2D eigenvalue weighted by molar-refractivity contribution is -0.119. The number of rotatable bonds is 4. The minimum absolute atomic E-state index is 0.0738. The van der Waals surface area contributed by atoms with Gasteiger partial charge in [0, 0.05) is 0 Å². The standard InChI is InChI=1S/C16H32O/c1-7-12(8-2)16(6)11-10-14(17)15(4,5)13(16)9-3/h12-14,17H,7-11H2,1-6H3. The first kappa shape index (κ1) is 15.0. The first-order chi connectivity index (χ1) is 7.84. The van der Waals surface area contributed by atoms with E-state index in [0.717, 1.165) is 12.3 Å². The summed E-state index contributed by atoms with van der Waals surface area (Å²) in [5, 5.41) is 10.3. The first-order valence-corrected chi connectivity index (χ1v) is 7.52. The molecule has 1 rings (SSSR count). The molecule has 0 bridgehead atoms. The van der Waals surface area contributed by atoms with Crippen LogP contribution in [0.15, 0.2) is 0 Å². The molecule has 0 aromatic heterocycles. The maximum absolute atomic E-state index is 10.3. The van der Waals surface area contributed by atoms with Gasteiger partial charge in [-0.1, -0.05) is 60.8 Å². The van der Waals surface area contributed by atoms with E-state index in [1.165, 1.54) is 25.7 Å². The highest BCUT2D eigenvalue weighted by molar-refractivity contribution is 5.01. The SMILES string of the molecule is CCC(CC)C1(C)CCC(O)C(C)(C)C1CC. The van der Waals surface area contributed by atoms with Gasteiger partial charge < -0.3 is 5.11 Å². The Morgan fingerprint density at radius 1 is 1.12 bits per heavy atom. The zero-order valence-electron chi connectivity index (χ0n) is 12.7. The molecule has 0 aromatic carbocycles. The van der Waals surface area contributed by atoms with E-state index in [1.807, 2.05) is 0 Å². The maximum Gasteiger partial charge on any atom is 0.0594 e. The van der Waals surface area contributed by atoms with Gasteiger partial charge in [0.1, 0.15) is 0 Å². The fraction of sp³-hybridized carbons (Fsp3) is 1.00. The average Bonchev–Trinajstić information content (AvgIpc) is 2.26. The first-order valence-electron chi connectivity index (χ1n) is 7.52. The van der Waals surface area contributed by atoms with Crippen molar-refractivity contribution in [3.63, 3.8) is 0 Å². The molecule has 1 heteroatoms. The summed E-state index contributed by atoms with van der Waals surface area (Å²) < 4.78 is 0. The maximum atomic E-state index is 10.3. The Morgan fingerprint density at radius 2 is 1.65 bits per heavy atom. The van der Waals surface area contributed by atoms with Crippen molar-refractivity contribution in [2.24, 2.45) is 22.7 Å². The van der Waals surface area contributed by atoms with E-state index in [2.05, 4.69) is 41.5 Å². The summed E-state index contributed by atoms with van der Waals surface area (Å²) in [6.45, 7) is 14.0. The van der Waals surface area contributed by atoms with Gasteiger partial charge in [0.05, 0.1) is 6.10 Å². The van der Waals surface area contributed by atoms with Crippen LogP contribution in [0.1, 0.15) is 73.6 Å². The second-order valence-electron chi connectivity index (χ2n) is 6.86. The zero-order chi connectivity index (χ0) is 13.3. The topological polar surface area (TPSA) is 20.2 Å². The summed E-state index contributed by atoms with van der Waals surface area (Å²) in [4.78, 5) is 0. The Bertz CT molecular complexity index is 242. The number of aliphatic hydroxyl groups excluding tert-OH is 1. The molecule has 1 aliphatic carbocycles. The van der Waals surface area contributed by atoms with Crippen LogP contribution in [0.3, 0.4) is 0 Å². The Kier molecular flexibility index (Phi) is 4.68. The van der Waals surface area contributed by atoms with Crippen LogP contribution in [0.4, 0.5) is 0 Å². The second kappa shape index (κ2) is 5.30. The molecule has 3 unspecified atom stereocenters. The van der Waals surface area contributed by atoms with Crippen molar-refractivity contribution in [2.75, 3.05) is 0 Å². The van der Waals surface area contributed by atoms with E-state index in [1.54, 1.807) is 0 Å². The highest BCUT2D eigenvalue weighted by Crippen LogP contribution is 2.57. The van der Waals surface area contributed by atoms with Crippen LogP contribution in [0.2, 0.25) is 0 Å². The smallest absolute Gasteiger partial charge is 0.0594 e. The lowest BCUT2D eigenvalue weighted by Crippen LogP contribution is -2.52. The molecule has 0 saturated heterocycles. The van der Waals surface area contributed by atoms with Crippen molar-refractivity contribution < 1.29 is 5.11 Å². The van der Waals surface area contributed by atoms with Gasteiger partial charge in [-0.15, -0.1) is 0 Å². The Labute approximate surface area is 108 Å². The molecule has 1 saturated carbocycles. The zero-order valence-corrected chi connectivity index (χ0v) is 12.7. The molecular weight excluding hydrogens is 208 g/mol. The molecular formula is C16H32O. The number of hydrogen-bond donors (Lipinski definition) is 1. The predicted molar refractivity (Wildman–Crippen MR) is 75.0 cm³/mol. The molecule has 102 valence electrons. The van der Waals surface area contributed by atoms with Gasteiger partial charge in [-0.25, -0.2) is 0 Å². The molecule has 3 atom stereocenters. The van der Waals surface area contributed by atoms with Crippen molar-refractivity contribution in [1.82, 2.24) is 0 Å². The van der Waals surface area contributed by atoms with Crippen LogP contribution in [-0.2, 0) is 0 Å². The van der Waals surface area contributed by atoms with Crippen LogP contribution < -0.4 is 0 Å². The van der Waals surface area contributed by atoms with Gasteiger partial charge in [-0.05, 0) is 35.5 Å². The minimum atomic E-state index is -0.116. The number of aliphatic hydroxyl groups is 1. The third-order valence-corrected chi connectivity index (χ3v) is 5.84. The van der Waals surface area contributed by atoms with Crippen LogP contribution in [0.5, 0.6) is 0 Å². The molecule has 1 aliphatic rings. The lowest BCUT2D eigenvalue weighted by Gasteiger charge is -2.56. The molecule has 1 fully saturated rings. The van der Waals surface area contributed by atoms with Gasteiger partial charge in [0.15, 0.2) is 0 Å². The van der Waals surface area contributed by atoms with Crippen molar-refractivity contribution >= 4 is 0 Å². The minimum Gasteiger partial charge on any atom is -0.393 e. The highest BCUT2D eigenvalue weighted by atomic mass is 16.3. The van der Waals surface area contributed by atoms with Gasteiger partial charge in [-0.3, -0.25) is 0 Å². The van der Waals surface area contributed by atoms with E-state index in [0.29, 0.717) is 11.3 Å². The second-order valence-corrected chi connectivity index (χ2v) is 6.86. The summed E-state index contributed by atoms with van der Waals surface area (Å²) in [5.41, 5.74) is 0.491. The summed E-state index contributed by atoms with van der Waals surface area (Å²) in [7, 11) is 0. The Morgan fingerprint density at radius 3 is 2.06 bits per heavy atom. The molecule has 0 aromatic rings. The lowest BCUT2D eigenvalue weighted by atomic mass is 9.50. The van der Waals surface area contributed by atoms with Gasteiger partial charge in [-0.2, -0.15) is 0 Å². The molecule has 0 heterocycles. The van der Waals surface area contributed by atoms with Gasteiger partial charge in [0.25, 0.3) is 0 Å². The molecule has 0 radical (unpaired) electrons. The third-order valence-electron chi connectivity index (χ3n) is 5.84. The predicted octanol–water partition coefficient (Wildman–Crippen LogP) is 4.64. The van der Waals surface area contributed by atoms with E-state index in [-0.39, 0.29) is 11.5 Å². The fourth-order valence-electron chi connectivity index (χ4n) is 4.78. The molecule has 0 aliphatic heterocycles. The van der Waals surface area contributed by atoms with Gasteiger partial charge in [0.2, 0.25) is 0 Å². The Balaban J connectivity index is 3.06. The monoisotopic (exact) mass is 240 g/mol. The van der Waals surface area contributed by atoms with Crippen LogP contribution in [0, 0.1) is 22.7 Å². The third kappa shape index (κ3) is 2.41. The van der Waals surface area contributed by atoms with E-state index < -0.39 is 0 Å². The summed E-state index contributed by atoms with van der Waals surface area (Å²) in [6, 6.07) is 0. The highest BCUT2D eigenvalue weighted by Gasteiger charge is 2.51. The van der Waals surface area contributed by atoms with Crippen molar-refractivity contribution in [3.8, 4) is 0 Å². The molecule has 0 amide bonds. The fourth-order valence-corrected chi connectivity index (χ4v) is 4.78. The Hall–Kier alpha value is -0.0400. The summed E-state index contributed by atoms with van der Waals surface area (Å²) in [5.74, 6) is 1.45. The molecule has 1 nitrogen and oxygen atoms in total. The van der Waals surface area contributed by atoms with Crippen molar-refractivity contribution in [2.45, 2.75) is 79.8 Å². The van der Waals surface area contributed by atoms with Gasteiger partial charge >= 0.3 is 0 Å². The number of hydrogen-bond acceptors (Lipinski definition) is 1. The van der Waals surface area contributed by atoms with Crippen LogP contribution >= 0.6 is 0 Å². The van der Waals surface area contributed by atoms with E-state index in [4.69, 9.17) is 0 Å². The molecule has 17 heavy (non-hydrogen) atoms. The quantitative estimate of drug-likeness (QED) is 0.759. The molecule has 0 spiro atoms. The average molecular weight is 240 g/mol. The van der Waals surface area contributed by atoms with Crippen molar-refractivity contribution in [1.29, 1.82) is 0 Å². The van der Waals surface area contributed by atoms with Crippen LogP contribution in [0.25, 0.3) is 0 Å². The van der Waals surface area contributed by atoms with E-state index >= 15 is 0 Å². The van der Waals surface area contributed by atoms with Crippen LogP contribution in [-0.4, -0.2) is 11.2 Å². The normalized spacial score (nSPS) is 37.4. The summed E-state index contributed by atoms with van der Waals surface area (Å²) >= 11 is 0. The summed E-state index contributed by atoms with van der Waals surface area (Å²) in [6.07, 6.45) is 5.80. The van der Waals surface area contributed by atoms with E-state index in [9.17, 15) is 5.11 Å². The van der Waals surface area contributed by atoms with Crippen molar-refractivity contribution in [3.05, 3.63) is 0 Å².